The van der Waals surface area contributed by atoms with E-state index in [1.165, 1.54) is 7.11 Å². The van der Waals surface area contributed by atoms with Crippen molar-refractivity contribution in [2.24, 2.45) is 0 Å². The Hall–Kier alpha value is -0.170. The summed E-state index contributed by atoms with van der Waals surface area (Å²) in [6, 6.07) is 0. The van der Waals surface area contributed by atoms with Gasteiger partial charge in [-0.05, 0) is 6.42 Å². The summed E-state index contributed by atoms with van der Waals surface area (Å²) in [6.07, 6.45) is 1.49. The molecule has 0 fully saturated rings. The molecule has 5 nitrogen and oxygen atoms in total. The topological polar surface area (TPSA) is 64.6 Å². The van der Waals surface area contributed by atoms with Crippen molar-refractivity contribution in [3.05, 3.63) is 0 Å². The van der Waals surface area contributed by atoms with Gasteiger partial charge in [-0.1, -0.05) is 18.2 Å². The molecule has 6 heteroatoms. The molecule has 0 aromatic heterocycles. The van der Waals surface area contributed by atoms with E-state index in [-0.39, 0.29) is 12.4 Å². The third-order valence-electron chi connectivity index (χ3n) is 1.34. The molecule has 0 saturated carbocycles. The van der Waals surface area contributed by atoms with Gasteiger partial charge in [-0.25, -0.2) is 8.42 Å². The van der Waals surface area contributed by atoms with E-state index in [2.05, 4.69) is 9.57 Å². The van der Waals surface area contributed by atoms with Crippen LogP contribution in [0.4, 0.5) is 0 Å². The predicted molar refractivity (Wildman–Crippen MR) is 49.7 cm³/mol. The van der Waals surface area contributed by atoms with Gasteiger partial charge in [0.1, 0.15) is 0 Å². The molecule has 0 aromatic carbocycles. The third kappa shape index (κ3) is 8.17. The molecule has 0 saturated heterocycles. The van der Waals surface area contributed by atoms with Crippen molar-refractivity contribution in [1.82, 2.24) is 4.89 Å². The van der Waals surface area contributed by atoms with Gasteiger partial charge in [0.25, 0.3) is 0 Å². The molecule has 0 unspecified atom stereocenters. The highest BCUT2D eigenvalue weighted by Gasteiger charge is 2.08. The molecular formula is C7H17NO4S. The normalized spacial score (nSPS) is 11.8. The highest BCUT2D eigenvalue weighted by Crippen LogP contribution is 1.92. The number of ether oxygens (including phenoxy) is 1. The van der Waals surface area contributed by atoms with Gasteiger partial charge in [0.15, 0.2) is 0 Å². The van der Waals surface area contributed by atoms with Gasteiger partial charge in [0.05, 0.1) is 19.0 Å². The summed E-state index contributed by atoms with van der Waals surface area (Å²) in [5, 5.41) is 0. The van der Waals surface area contributed by atoms with E-state index >= 15 is 0 Å². The molecule has 1 N–H and O–H groups in total. The zero-order valence-electron chi connectivity index (χ0n) is 8.08. The Morgan fingerprint density at radius 3 is 2.54 bits per heavy atom. The quantitative estimate of drug-likeness (QED) is 0.463. The number of nitrogens with one attached hydrogen (secondary N) is 1. The average molecular weight is 211 g/mol. The van der Waals surface area contributed by atoms with E-state index in [0.29, 0.717) is 13.0 Å². The number of hydrogen-bond acceptors (Lipinski definition) is 4. The lowest BCUT2D eigenvalue weighted by molar-refractivity contribution is 0.0438. The van der Waals surface area contributed by atoms with Crippen molar-refractivity contribution >= 4 is 10.0 Å². The fraction of sp³-hybridized carbons (Fsp3) is 1.00. The Balaban J connectivity index is 3.52. The van der Waals surface area contributed by atoms with E-state index in [0.717, 1.165) is 6.42 Å². The Morgan fingerprint density at radius 1 is 1.31 bits per heavy atom. The van der Waals surface area contributed by atoms with Crippen LogP contribution in [0.5, 0.6) is 0 Å². The molecule has 0 amide bonds. The van der Waals surface area contributed by atoms with E-state index in [1.54, 1.807) is 0 Å². The van der Waals surface area contributed by atoms with Crippen LogP contribution in [0.15, 0.2) is 0 Å². The van der Waals surface area contributed by atoms with Crippen LogP contribution in [0.25, 0.3) is 0 Å². The first-order chi connectivity index (χ1) is 6.12. The molecule has 0 aliphatic heterocycles. The van der Waals surface area contributed by atoms with Crippen molar-refractivity contribution in [3.8, 4) is 0 Å². The van der Waals surface area contributed by atoms with Crippen LogP contribution in [0.1, 0.15) is 19.8 Å². The minimum absolute atomic E-state index is 0.108. The van der Waals surface area contributed by atoms with Gasteiger partial charge in [-0.2, -0.15) is 0 Å². The smallest absolute Gasteiger partial charge is 0.233 e. The molecule has 0 heterocycles. The van der Waals surface area contributed by atoms with E-state index in [4.69, 9.17) is 0 Å². The van der Waals surface area contributed by atoms with Crippen LogP contribution >= 0.6 is 0 Å². The standard InChI is InChI=1S/C7H17NO4S/c1-3-4-7-13(9,10)8-12-6-5-11-2/h8H,3-7H2,1-2H3. The maximum Gasteiger partial charge on any atom is 0.233 e. The van der Waals surface area contributed by atoms with Gasteiger partial charge in [-0.3, -0.25) is 4.84 Å². The molecule has 0 aliphatic rings. The Labute approximate surface area is 79.4 Å². The van der Waals surface area contributed by atoms with Crippen LogP contribution in [0, 0.1) is 0 Å². The first-order valence-corrected chi connectivity index (χ1v) is 5.88. The maximum atomic E-state index is 11.1. The molecule has 0 aromatic rings. The number of hydrogen-bond donors (Lipinski definition) is 1. The van der Waals surface area contributed by atoms with E-state index < -0.39 is 10.0 Å². The van der Waals surface area contributed by atoms with E-state index in [1.807, 2.05) is 11.8 Å². The van der Waals surface area contributed by atoms with Crippen molar-refractivity contribution in [2.75, 3.05) is 26.1 Å². The largest absolute Gasteiger partial charge is 0.382 e. The summed E-state index contributed by atoms with van der Waals surface area (Å²) in [5.41, 5.74) is 0. The zero-order chi connectivity index (χ0) is 10.2. The summed E-state index contributed by atoms with van der Waals surface area (Å²) < 4.78 is 26.8. The molecule has 0 aliphatic carbocycles. The molecule has 80 valence electrons. The molecule has 0 radical (unpaired) electrons. The predicted octanol–water partition coefficient (Wildman–Crippen LogP) is 0.284. The van der Waals surface area contributed by atoms with Crippen molar-refractivity contribution in [1.29, 1.82) is 0 Å². The highest BCUT2D eigenvalue weighted by molar-refractivity contribution is 7.89. The minimum Gasteiger partial charge on any atom is -0.382 e. The molecule has 0 spiro atoms. The van der Waals surface area contributed by atoms with Crippen molar-refractivity contribution in [2.45, 2.75) is 19.8 Å². The van der Waals surface area contributed by atoms with Gasteiger partial charge in [0, 0.05) is 7.11 Å². The summed E-state index contributed by atoms with van der Waals surface area (Å²) in [5.74, 6) is 0.108. The minimum atomic E-state index is -3.25. The third-order valence-corrected chi connectivity index (χ3v) is 2.54. The summed E-state index contributed by atoms with van der Waals surface area (Å²) >= 11 is 0. The Morgan fingerprint density at radius 2 is 2.00 bits per heavy atom. The Bertz CT molecular complexity index is 203. The summed E-state index contributed by atoms with van der Waals surface area (Å²) in [7, 11) is -1.73. The van der Waals surface area contributed by atoms with Crippen molar-refractivity contribution in [3.63, 3.8) is 0 Å². The second kappa shape index (κ2) is 7.25. The molecule has 0 atom stereocenters. The first kappa shape index (κ1) is 12.8. The average Bonchev–Trinajstić information content (AvgIpc) is 2.09. The number of rotatable bonds is 8. The van der Waals surface area contributed by atoms with E-state index in [9.17, 15) is 8.42 Å². The van der Waals surface area contributed by atoms with Gasteiger partial charge in [-0.15, -0.1) is 0 Å². The van der Waals surface area contributed by atoms with Crippen LogP contribution < -0.4 is 4.89 Å². The summed E-state index contributed by atoms with van der Waals surface area (Å²) in [4.78, 5) is 6.69. The first-order valence-electron chi connectivity index (χ1n) is 4.22. The molecule has 0 rings (SSSR count). The van der Waals surface area contributed by atoms with Gasteiger partial charge < -0.3 is 4.74 Å². The second-order valence-electron chi connectivity index (χ2n) is 2.60. The van der Waals surface area contributed by atoms with Crippen LogP contribution in [-0.4, -0.2) is 34.5 Å². The second-order valence-corrected chi connectivity index (χ2v) is 4.40. The fourth-order valence-electron chi connectivity index (χ4n) is 0.632. The Kier molecular flexibility index (Phi) is 7.16. The zero-order valence-corrected chi connectivity index (χ0v) is 8.89. The highest BCUT2D eigenvalue weighted by atomic mass is 32.2. The lowest BCUT2D eigenvalue weighted by atomic mass is 10.4. The number of sulfonamides is 1. The molecule has 0 bridgehead atoms. The number of unbranched alkanes of at least 4 members (excludes halogenated alkanes) is 1. The van der Waals surface area contributed by atoms with Crippen LogP contribution in [0.2, 0.25) is 0 Å². The number of methoxy groups -OCH3 is 1. The lowest BCUT2D eigenvalue weighted by Crippen LogP contribution is -2.27. The van der Waals surface area contributed by atoms with Gasteiger partial charge in [0.2, 0.25) is 10.0 Å². The molecule has 13 heavy (non-hydrogen) atoms. The van der Waals surface area contributed by atoms with Crippen LogP contribution in [-0.2, 0) is 19.6 Å². The van der Waals surface area contributed by atoms with Crippen LogP contribution in [0.3, 0.4) is 0 Å². The fourth-order valence-corrected chi connectivity index (χ4v) is 1.65. The van der Waals surface area contributed by atoms with Gasteiger partial charge >= 0.3 is 0 Å². The molecular weight excluding hydrogens is 194 g/mol. The lowest BCUT2D eigenvalue weighted by Gasteiger charge is -2.05. The monoisotopic (exact) mass is 211 g/mol. The maximum absolute atomic E-state index is 11.1. The SMILES string of the molecule is CCCCS(=O)(=O)NOCCOC. The van der Waals surface area contributed by atoms with Crippen molar-refractivity contribution < 1.29 is 18.0 Å². The summed E-state index contributed by atoms with van der Waals surface area (Å²) in [6.45, 7) is 2.53.